The van der Waals surface area contributed by atoms with Crippen LogP contribution in [0.3, 0.4) is 0 Å². The summed E-state index contributed by atoms with van der Waals surface area (Å²) in [5, 5.41) is 8.19. The maximum Gasteiger partial charge on any atom is 0.203 e. The highest BCUT2D eigenvalue weighted by Gasteiger charge is 2.22. The fourth-order valence-corrected chi connectivity index (χ4v) is 3.37. The Labute approximate surface area is 147 Å². The van der Waals surface area contributed by atoms with Crippen molar-refractivity contribution >= 4 is 0 Å². The average Bonchev–Trinajstić information content (AvgIpc) is 3.08. The number of aryl methyl sites for hydroxylation is 2. The molecule has 4 rings (SSSR count). The lowest BCUT2D eigenvalue weighted by atomic mass is 10.1. The van der Waals surface area contributed by atoms with Crippen LogP contribution >= 0.6 is 0 Å². The zero-order chi connectivity index (χ0) is 17.2. The van der Waals surface area contributed by atoms with E-state index in [4.69, 9.17) is 14.2 Å². The molecule has 0 bridgehead atoms. The lowest BCUT2D eigenvalue weighted by Crippen LogP contribution is -2.37. The zero-order valence-corrected chi connectivity index (χ0v) is 14.7. The molecule has 0 saturated carbocycles. The van der Waals surface area contributed by atoms with Crippen LogP contribution in [-0.2, 0) is 25.9 Å². The van der Waals surface area contributed by atoms with E-state index in [0.29, 0.717) is 25.0 Å². The number of nitrogens with one attached hydrogen (secondary N) is 1. The summed E-state index contributed by atoms with van der Waals surface area (Å²) >= 11 is 0. The van der Waals surface area contributed by atoms with E-state index in [0.717, 1.165) is 61.1 Å². The van der Waals surface area contributed by atoms with Crippen molar-refractivity contribution in [2.24, 2.45) is 0 Å². The first-order valence-electron chi connectivity index (χ1n) is 8.89. The predicted octanol–water partition coefficient (Wildman–Crippen LogP) is 1.72. The summed E-state index contributed by atoms with van der Waals surface area (Å²) in [7, 11) is 1.66. The lowest BCUT2D eigenvalue weighted by molar-refractivity contribution is 0.165. The van der Waals surface area contributed by atoms with Crippen LogP contribution in [-0.4, -0.2) is 41.1 Å². The second-order valence-corrected chi connectivity index (χ2v) is 6.42. The lowest BCUT2D eigenvalue weighted by Gasteiger charge is -2.25. The Morgan fingerprint density at radius 2 is 2.20 bits per heavy atom. The van der Waals surface area contributed by atoms with Crippen LogP contribution in [0.1, 0.15) is 30.6 Å². The van der Waals surface area contributed by atoms with Gasteiger partial charge in [-0.1, -0.05) is 6.92 Å². The summed E-state index contributed by atoms with van der Waals surface area (Å²) in [5.41, 5.74) is 1.12. The molecule has 1 atom stereocenters. The van der Waals surface area contributed by atoms with Crippen molar-refractivity contribution in [3.05, 3.63) is 29.3 Å². The van der Waals surface area contributed by atoms with Crippen molar-refractivity contribution in [3.8, 4) is 17.2 Å². The van der Waals surface area contributed by atoms with Gasteiger partial charge in [-0.3, -0.25) is 0 Å². The highest BCUT2D eigenvalue weighted by molar-refractivity contribution is 5.54. The quantitative estimate of drug-likeness (QED) is 0.891. The number of rotatable bonds is 5. The van der Waals surface area contributed by atoms with Crippen LogP contribution in [0.15, 0.2) is 12.1 Å². The van der Waals surface area contributed by atoms with Gasteiger partial charge in [-0.05, 0) is 24.1 Å². The van der Waals surface area contributed by atoms with Gasteiger partial charge in [-0.2, -0.15) is 5.10 Å². The van der Waals surface area contributed by atoms with E-state index in [1.807, 2.05) is 16.8 Å². The van der Waals surface area contributed by atoms with Crippen LogP contribution in [0.4, 0.5) is 0 Å². The Balaban J connectivity index is 1.43. The summed E-state index contributed by atoms with van der Waals surface area (Å²) in [4.78, 5) is 4.57. The third-order valence-corrected chi connectivity index (χ3v) is 4.70. The van der Waals surface area contributed by atoms with Gasteiger partial charge < -0.3 is 19.5 Å². The summed E-state index contributed by atoms with van der Waals surface area (Å²) in [5.74, 6) is 4.23. The standard InChI is InChI=1S/C18H24N4O3/c1-3-16-20-17-5-4-13(11-22(17)21-16)19-10-12-8-14(23-2)18-15(9-12)24-6-7-25-18/h8-9,13,19H,3-7,10-11H2,1-2H3. The SMILES string of the molecule is CCc1nc2n(n1)CC(NCc1cc(OC)c3c(c1)OCCO3)CC2. The number of methoxy groups -OCH3 is 1. The van der Waals surface area contributed by atoms with Crippen molar-refractivity contribution in [3.63, 3.8) is 0 Å². The summed E-state index contributed by atoms with van der Waals surface area (Å²) in [6, 6.07) is 4.43. The minimum absolute atomic E-state index is 0.387. The molecule has 7 heteroatoms. The van der Waals surface area contributed by atoms with Crippen molar-refractivity contribution in [1.29, 1.82) is 0 Å². The second-order valence-electron chi connectivity index (χ2n) is 6.42. The number of benzene rings is 1. The Morgan fingerprint density at radius 3 is 3.04 bits per heavy atom. The van der Waals surface area contributed by atoms with Gasteiger partial charge in [0.05, 0.1) is 13.7 Å². The second kappa shape index (κ2) is 6.92. The number of nitrogens with zero attached hydrogens (tertiary/aromatic N) is 3. The minimum Gasteiger partial charge on any atom is -0.493 e. The van der Waals surface area contributed by atoms with E-state index in [-0.39, 0.29) is 0 Å². The summed E-state index contributed by atoms with van der Waals surface area (Å²) in [6.07, 6.45) is 2.92. The molecule has 1 aromatic carbocycles. The highest BCUT2D eigenvalue weighted by Crippen LogP contribution is 2.40. The monoisotopic (exact) mass is 344 g/mol. The predicted molar refractivity (Wildman–Crippen MR) is 92.3 cm³/mol. The third-order valence-electron chi connectivity index (χ3n) is 4.70. The molecule has 0 saturated heterocycles. The Hall–Kier alpha value is -2.28. The minimum atomic E-state index is 0.387. The first-order chi connectivity index (χ1) is 12.3. The Kier molecular flexibility index (Phi) is 4.48. The highest BCUT2D eigenvalue weighted by atomic mass is 16.6. The molecule has 25 heavy (non-hydrogen) atoms. The van der Waals surface area contributed by atoms with Gasteiger partial charge >= 0.3 is 0 Å². The molecule has 1 N–H and O–H groups in total. The average molecular weight is 344 g/mol. The summed E-state index contributed by atoms with van der Waals surface area (Å²) < 4.78 is 18.9. The Morgan fingerprint density at radius 1 is 1.32 bits per heavy atom. The van der Waals surface area contributed by atoms with E-state index in [9.17, 15) is 0 Å². The fraction of sp³-hybridized carbons (Fsp3) is 0.556. The molecule has 0 fully saturated rings. The maximum atomic E-state index is 5.70. The molecule has 0 radical (unpaired) electrons. The molecule has 134 valence electrons. The van der Waals surface area contributed by atoms with Gasteiger partial charge in [0.25, 0.3) is 0 Å². The van der Waals surface area contributed by atoms with Gasteiger partial charge in [0.1, 0.15) is 19.0 Å². The van der Waals surface area contributed by atoms with E-state index < -0.39 is 0 Å². The molecule has 0 aliphatic carbocycles. The van der Waals surface area contributed by atoms with E-state index >= 15 is 0 Å². The molecular formula is C18H24N4O3. The summed E-state index contributed by atoms with van der Waals surface area (Å²) in [6.45, 7) is 4.84. The molecule has 0 amide bonds. The molecule has 1 unspecified atom stereocenters. The molecular weight excluding hydrogens is 320 g/mol. The first-order valence-corrected chi connectivity index (χ1v) is 8.89. The molecule has 2 aromatic rings. The van der Waals surface area contributed by atoms with E-state index in [1.54, 1.807) is 7.11 Å². The number of hydrogen-bond donors (Lipinski definition) is 1. The largest absolute Gasteiger partial charge is 0.493 e. The Bertz CT molecular complexity index is 742. The zero-order valence-electron chi connectivity index (χ0n) is 14.7. The topological polar surface area (TPSA) is 70.4 Å². The molecule has 2 aliphatic heterocycles. The van der Waals surface area contributed by atoms with Crippen molar-refractivity contribution in [2.75, 3.05) is 20.3 Å². The first kappa shape index (κ1) is 16.2. The van der Waals surface area contributed by atoms with Crippen molar-refractivity contribution < 1.29 is 14.2 Å². The van der Waals surface area contributed by atoms with Gasteiger partial charge in [-0.15, -0.1) is 0 Å². The number of hydrogen-bond acceptors (Lipinski definition) is 6. The maximum absolute atomic E-state index is 5.70. The van der Waals surface area contributed by atoms with Gasteiger partial charge in [-0.25, -0.2) is 9.67 Å². The molecule has 1 aromatic heterocycles. The fourth-order valence-electron chi connectivity index (χ4n) is 3.37. The van der Waals surface area contributed by atoms with Gasteiger partial charge in [0.2, 0.25) is 5.75 Å². The number of ether oxygens (including phenoxy) is 3. The normalized spacial score (nSPS) is 18.7. The smallest absolute Gasteiger partial charge is 0.203 e. The molecule has 2 aliphatic rings. The van der Waals surface area contributed by atoms with Crippen LogP contribution in [0, 0.1) is 0 Å². The van der Waals surface area contributed by atoms with Crippen molar-refractivity contribution in [1.82, 2.24) is 20.1 Å². The molecule has 0 spiro atoms. The number of fused-ring (bicyclic) bond motifs is 2. The van der Waals surface area contributed by atoms with Crippen LogP contribution < -0.4 is 19.5 Å². The molecule has 7 nitrogen and oxygen atoms in total. The van der Waals surface area contributed by atoms with E-state index in [1.165, 1.54) is 0 Å². The van der Waals surface area contributed by atoms with Crippen LogP contribution in [0.5, 0.6) is 17.2 Å². The molecule has 3 heterocycles. The van der Waals surface area contributed by atoms with E-state index in [2.05, 4.69) is 22.3 Å². The van der Waals surface area contributed by atoms with Crippen LogP contribution in [0.2, 0.25) is 0 Å². The van der Waals surface area contributed by atoms with Crippen molar-refractivity contribution in [2.45, 2.75) is 45.3 Å². The van der Waals surface area contributed by atoms with Gasteiger partial charge in [0, 0.05) is 25.4 Å². The number of aromatic nitrogens is 3. The third kappa shape index (κ3) is 3.28. The van der Waals surface area contributed by atoms with Crippen LogP contribution in [0.25, 0.3) is 0 Å². The van der Waals surface area contributed by atoms with Gasteiger partial charge in [0.15, 0.2) is 17.3 Å².